The van der Waals surface area contributed by atoms with Crippen LogP contribution in [0, 0.1) is 0 Å². The molecular weight excluding hydrogens is 407 g/mol. The fourth-order valence-corrected chi connectivity index (χ4v) is 6.66. The molecule has 1 atom stereocenters. The van der Waals surface area contributed by atoms with E-state index >= 15 is 0 Å². The molecular formula is C26H27O4P. The molecule has 0 aliphatic rings. The summed E-state index contributed by atoms with van der Waals surface area (Å²) in [4.78, 5) is 26.5. The van der Waals surface area contributed by atoms with Crippen molar-refractivity contribution < 1.29 is 18.9 Å². The molecule has 5 heteroatoms. The first-order chi connectivity index (χ1) is 14.7. The first-order valence-electron chi connectivity index (χ1n) is 10.2. The van der Waals surface area contributed by atoms with Gasteiger partial charge in [0.1, 0.15) is 5.60 Å². The Morgan fingerprint density at radius 2 is 1.19 bits per heavy atom. The molecule has 3 aromatic carbocycles. The van der Waals surface area contributed by atoms with Gasteiger partial charge in [0.2, 0.25) is 0 Å². The van der Waals surface area contributed by atoms with E-state index in [4.69, 9.17) is 4.74 Å². The zero-order valence-corrected chi connectivity index (χ0v) is 18.9. The normalized spacial score (nSPS) is 12.7. The van der Waals surface area contributed by atoms with E-state index in [-0.39, 0.29) is 12.2 Å². The lowest BCUT2D eigenvalue weighted by Crippen LogP contribution is -2.35. The van der Waals surface area contributed by atoms with Crippen LogP contribution < -0.4 is 10.6 Å². The molecule has 0 bridgehead atoms. The number of rotatable bonds is 7. The van der Waals surface area contributed by atoms with Gasteiger partial charge >= 0.3 is 5.97 Å². The number of ketones is 1. The lowest BCUT2D eigenvalue weighted by atomic mass is 10.1. The summed E-state index contributed by atoms with van der Waals surface area (Å²) in [5, 5.41) is 1.08. The largest absolute Gasteiger partial charge is 0.460 e. The number of hydrogen-bond donors (Lipinski definition) is 0. The third kappa shape index (κ3) is 5.39. The van der Waals surface area contributed by atoms with Crippen LogP contribution in [0.5, 0.6) is 0 Å². The molecule has 0 spiro atoms. The Balaban J connectivity index is 2.17. The predicted molar refractivity (Wildman–Crippen MR) is 125 cm³/mol. The van der Waals surface area contributed by atoms with Gasteiger partial charge in [0.25, 0.3) is 0 Å². The van der Waals surface area contributed by atoms with Crippen molar-refractivity contribution in [3.63, 3.8) is 0 Å². The van der Waals surface area contributed by atoms with Crippen LogP contribution in [0.4, 0.5) is 0 Å². The molecule has 0 aliphatic carbocycles. The second kappa shape index (κ2) is 9.45. The van der Waals surface area contributed by atoms with Crippen molar-refractivity contribution in [3.8, 4) is 0 Å². The number of hydrogen-bond acceptors (Lipinski definition) is 4. The molecule has 0 heterocycles. The van der Waals surface area contributed by atoms with E-state index in [0.29, 0.717) is 16.2 Å². The zero-order chi connectivity index (χ0) is 22.5. The summed E-state index contributed by atoms with van der Waals surface area (Å²) in [5.74, 6) is -0.878. The first-order valence-corrected chi connectivity index (χ1v) is 12.0. The molecule has 0 radical (unpaired) electrons. The fourth-order valence-electron chi connectivity index (χ4n) is 3.53. The maximum Gasteiger partial charge on any atom is 0.307 e. The second-order valence-electron chi connectivity index (χ2n) is 8.37. The maximum atomic E-state index is 14.8. The third-order valence-electron chi connectivity index (χ3n) is 4.86. The highest BCUT2D eigenvalue weighted by Crippen LogP contribution is 2.51. The summed E-state index contributed by atoms with van der Waals surface area (Å²) in [6, 6.07) is 26.6. The molecule has 3 aromatic rings. The minimum atomic E-state index is -3.53. The molecule has 160 valence electrons. The molecule has 0 aliphatic heterocycles. The van der Waals surface area contributed by atoms with Gasteiger partial charge in [-0.2, -0.15) is 0 Å². The average Bonchev–Trinajstić information content (AvgIpc) is 2.77. The van der Waals surface area contributed by atoms with Gasteiger partial charge in [-0.05, 0) is 20.8 Å². The molecule has 0 saturated carbocycles. The number of ether oxygens (including phenoxy) is 1. The maximum absolute atomic E-state index is 14.8. The number of carbonyl (C=O) groups is 2. The molecule has 0 saturated heterocycles. The van der Waals surface area contributed by atoms with Crippen LogP contribution in [0.25, 0.3) is 0 Å². The summed E-state index contributed by atoms with van der Waals surface area (Å²) >= 11 is 0. The topological polar surface area (TPSA) is 60.4 Å². The molecule has 4 nitrogen and oxygen atoms in total. The van der Waals surface area contributed by atoms with Crippen molar-refractivity contribution in [1.29, 1.82) is 0 Å². The smallest absolute Gasteiger partial charge is 0.307 e. The van der Waals surface area contributed by atoms with Crippen molar-refractivity contribution in [2.24, 2.45) is 0 Å². The van der Waals surface area contributed by atoms with E-state index in [9.17, 15) is 14.2 Å². The van der Waals surface area contributed by atoms with Crippen molar-refractivity contribution in [1.82, 2.24) is 0 Å². The van der Waals surface area contributed by atoms with Crippen LogP contribution in [0.2, 0.25) is 0 Å². The summed E-state index contributed by atoms with van der Waals surface area (Å²) in [5.41, 5.74) is -1.36. The van der Waals surface area contributed by atoms with Crippen LogP contribution in [-0.2, 0) is 14.1 Å². The number of Topliss-reactive ketones (excluding diaryl/α,β-unsaturated/α-hetero) is 1. The van der Waals surface area contributed by atoms with Crippen LogP contribution in [-0.4, -0.2) is 23.0 Å². The van der Waals surface area contributed by atoms with E-state index in [2.05, 4.69) is 0 Å². The van der Waals surface area contributed by atoms with Crippen molar-refractivity contribution in [2.75, 3.05) is 0 Å². The SMILES string of the molecule is CC(C)(C)OC(=O)CC(C(=O)c1ccccc1)P(=O)(c1ccccc1)c1ccccc1. The van der Waals surface area contributed by atoms with Gasteiger partial charge in [-0.25, -0.2) is 0 Å². The summed E-state index contributed by atoms with van der Waals surface area (Å²) in [6.07, 6.45) is -0.272. The standard InChI is InChI=1S/C26H27O4P/c1-26(2,3)30-24(27)19-23(25(28)20-13-7-4-8-14-20)31(29,21-15-9-5-10-16-21)22-17-11-6-12-18-22/h4-18,23H,19H2,1-3H3. The van der Waals surface area contributed by atoms with Crippen LogP contribution in [0.3, 0.4) is 0 Å². The Hall–Kier alpha value is -2.97. The van der Waals surface area contributed by atoms with Gasteiger partial charge in [-0.1, -0.05) is 91.0 Å². The molecule has 0 fully saturated rings. The van der Waals surface area contributed by atoms with Gasteiger partial charge in [0, 0.05) is 16.2 Å². The Morgan fingerprint density at radius 3 is 1.61 bits per heavy atom. The van der Waals surface area contributed by atoms with E-state index in [0.717, 1.165) is 0 Å². The highest BCUT2D eigenvalue weighted by atomic mass is 31.2. The average molecular weight is 434 g/mol. The van der Waals surface area contributed by atoms with Crippen molar-refractivity contribution in [3.05, 3.63) is 96.6 Å². The van der Waals surface area contributed by atoms with Crippen LogP contribution in [0.15, 0.2) is 91.0 Å². The Bertz CT molecular complexity index is 1030. The second-order valence-corrected chi connectivity index (χ2v) is 11.3. The zero-order valence-electron chi connectivity index (χ0n) is 18.0. The number of esters is 1. The lowest BCUT2D eigenvalue weighted by molar-refractivity contribution is -0.154. The Morgan fingerprint density at radius 1 is 0.774 bits per heavy atom. The highest BCUT2D eigenvalue weighted by Gasteiger charge is 2.43. The van der Waals surface area contributed by atoms with Gasteiger partial charge in [-0.3, -0.25) is 9.59 Å². The molecule has 1 unspecified atom stereocenters. The van der Waals surface area contributed by atoms with Gasteiger partial charge in [-0.15, -0.1) is 0 Å². The molecule has 0 N–H and O–H groups in total. The Labute approximate surface area is 183 Å². The van der Waals surface area contributed by atoms with E-state index in [1.54, 1.807) is 93.6 Å². The number of carbonyl (C=O) groups excluding carboxylic acids is 2. The third-order valence-corrected chi connectivity index (χ3v) is 8.28. The van der Waals surface area contributed by atoms with Gasteiger partial charge in [0.05, 0.1) is 12.1 Å². The highest BCUT2D eigenvalue weighted by molar-refractivity contribution is 7.80. The van der Waals surface area contributed by atoms with Crippen molar-refractivity contribution >= 4 is 29.5 Å². The predicted octanol–water partition coefficient (Wildman–Crippen LogP) is 4.98. The minimum absolute atomic E-state index is 0.272. The molecule has 0 aromatic heterocycles. The van der Waals surface area contributed by atoms with E-state index in [1.165, 1.54) is 0 Å². The van der Waals surface area contributed by atoms with Crippen LogP contribution >= 0.6 is 7.14 Å². The van der Waals surface area contributed by atoms with E-state index in [1.807, 2.05) is 18.2 Å². The number of benzene rings is 3. The monoisotopic (exact) mass is 434 g/mol. The minimum Gasteiger partial charge on any atom is -0.460 e. The molecule has 31 heavy (non-hydrogen) atoms. The Kier molecular flexibility index (Phi) is 6.92. The van der Waals surface area contributed by atoms with Crippen molar-refractivity contribution in [2.45, 2.75) is 38.5 Å². The summed E-state index contributed by atoms with van der Waals surface area (Å²) in [6.45, 7) is 5.31. The fraction of sp³-hybridized carbons (Fsp3) is 0.231. The van der Waals surface area contributed by atoms with Gasteiger partial charge in [0.15, 0.2) is 12.9 Å². The van der Waals surface area contributed by atoms with E-state index < -0.39 is 24.4 Å². The lowest BCUT2D eigenvalue weighted by Gasteiger charge is -2.29. The summed E-state index contributed by atoms with van der Waals surface area (Å²) < 4.78 is 20.3. The quantitative estimate of drug-likeness (QED) is 0.299. The summed E-state index contributed by atoms with van der Waals surface area (Å²) in [7, 11) is -3.53. The van der Waals surface area contributed by atoms with Gasteiger partial charge < -0.3 is 9.30 Å². The van der Waals surface area contributed by atoms with Crippen LogP contribution in [0.1, 0.15) is 37.6 Å². The molecule has 3 rings (SSSR count). The first kappa shape index (κ1) is 22.7. The molecule has 0 amide bonds.